The number of benzene rings is 2. The lowest BCUT2D eigenvalue weighted by molar-refractivity contribution is 0.116. The van der Waals surface area contributed by atoms with Crippen LogP contribution >= 0.6 is 23.5 Å². The average Bonchev–Trinajstić information content (AvgIpc) is 3.24. The molecule has 0 saturated carbocycles. The van der Waals surface area contributed by atoms with E-state index in [4.69, 9.17) is 11.6 Å². The van der Waals surface area contributed by atoms with Gasteiger partial charge in [-0.1, -0.05) is 55.8 Å². The molecule has 0 aliphatic carbocycles. The fourth-order valence-corrected chi connectivity index (χ4v) is 4.25. The molecule has 2 aromatic carbocycles. The van der Waals surface area contributed by atoms with Crippen molar-refractivity contribution in [3.05, 3.63) is 59.8 Å². The van der Waals surface area contributed by atoms with E-state index in [9.17, 15) is 5.11 Å². The monoisotopic (exact) mass is 415 g/mol. The van der Waals surface area contributed by atoms with Crippen molar-refractivity contribution in [3.8, 4) is 22.6 Å². The second-order valence-electron chi connectivity index (χ2n) is 6.41. The topological polar surface area (TPSA) is 52.1 Å². The highest BCUT2D eigenvalue weighted by atomic mass is 35.5. The minimum atomic E-state index is -0.173. The summed E-state index contributed by atoms with van der Waals surface area (Å²) in [6, 6.07) is 16.1. The molecule has 0 atom stereocenters. The van der Waals surface area contributed by atoms with Crippen LogP contribution in [0.3, 0.4) is 0 Å². The fraction of sp³-hybridized carbons (Fsp3) is 0.318. The van der Waals surface area contributed by atoms with E-state index in [1.54, 1.807) is 11.9 Å². The number of hydrogen-bond donors (Lipinski definition) is 2. The van der Waals surface area contributed by atoms with E-state index in [1.165, 1.54) is 0 Å². The third-order valence-corrected chi connectivity index (χ3v) is 6.12. The van der Waals surface area contributed by atoms with Gasteiger partial charge in [0.2, 0.25) is 0 Å². The molecule has 1 fully saturated rings. The Balaban J connectivity index is 0.00000109. The van der Waals surface area contributed by atoms with Crippen LogP contribution in [-0.4, -0.2) is 38.6 Å². The van der Waals surface area contributed by atoms with Gasteiger partial charge in [0.15, 0.2) is 0 Å². The number of halogens is 1. The van der Waals surface area contributed by atoms with E-state index in [0.29, 0.717) is 0 Å². The Bertz CT molecular complexity index is 876. The Morgan fingerprint density at radius 3 is 2.50 bits per heavy atom. The third kappa shape index (κ3) is 5.17. The van der Waals surface area contributed by atoms with Gasteiger partial charge in [-0.05, 0) is 48.6 Å². The van der Waals surface area contributed by atoms with E-state index in [-0.39, 0.29) is 6.10 Å². The van der Waals surface area contributed by atoms with Gasteiger partial charge in [0.25, 0.3) is 0 Å². The van der Waals surface area contributed by atoms with Crippen molar-refractivity contribution >= 4 is 23.5 Å². The molecule has 148 valence electrons. The smallest absolute Gasteiger partial charge is 0.137 e. The SMILES string of the molecule is CC.OC1CCN(Sc2cc(-c3ncc(-c4ccccc4)[nH]3)ccc2Cl)CC1. The van der Waals surface area contributed by atoms with Crippen molar-refractivity contribution in [2.24, 2.45) is 0 Å². The number of aromatic amines is 1. The highest BCUT2D eigenvalue weighted by molar-refractivity contribution is 7.97. The first-order valence-corrected chi connectivity index (χ1v) is 10.9. The standard InChI is InChI=1S/C20H20ClN3OS.C2H6/c21-17-7-6-15(12-19(17)26-24-10-8-16(25)9-11-24)20-22-13-18(23-20)14-4-2-1-3-5-14;1-2/h1-7,12-13,16,25H,8-11H2,(H,22,23);1-2H3. The van der Waals surface area contributed by atoms with Gasteiger partial charge in [0.1, 0.15) is 5.82 Å². The summed E-state index contributed by atoms with van der Waals surface area (Å²) in [4.78, 5) is 8.94. The first kappa shape index (κ1) is 20.9. The van der Waals surface area contributed by atoms with Crippen molar-refractivity contribution < 1.29 is 5.11 Å². The van der Waals surface area contributed by atoms with Crippen LogP contribution in [0.15, 0.2) is 59.6 Å². The molecule has 6 heteroatoms. The van der Waals surface area contributed by atoms with Gasteiger partial charge in [0.05, 0.1) is 23.0 Å². The molecule has 0 spiro atoms. The number of aromatic nitrogens is 2. The van der Waals surface area contributed by atoms with Gasteiger partial charge < -0.3 is 10.1 Å². The molecule has 0 unspecified atom stereocenters. The number of nitrogens with one attached hydrogen (secondary N) is 1. The molecular formula is C22H26ClN3OS. The Labute approximate surface area is 176 Å². The number of rotatable bonds is 4. The molecule has 2 heterocycles. The average molecular weight is 416 g/mol. The Hall–Kier alpha value is -1.79. The molecule has 1 aliphatic heterocycles. The minimum Gasteiger partial charge on any atom is -0.393 e. The summed E-state index contributed by atoms with van der Waals surface area (Å²) in [6.07, 6.45) is 3.30. The Kier molecular flexibility index (Phi) is 7.57. The lowest BCUT2D eigenvalue weighted by atomic mass is 10.1. The highest BCUT2D eigenvalue weighted by Gasteiger charge is 2.19. The first-order valence-electron chi connectivity index (χ1n) is 9.70. The Morgan fingerprint density at radius 2 is 1.79 bits per heavy atom. The van der Waals surface area contributed by atoms with E-state index < -0.39 is 0 Å². The molecule has 3 aromatic rings. The number of imidazole rings is 1. The summed E-state index contributed by atoms with van der Waals surface area (Å²) < 4.78 is 2.26. The Morgan fingerprint density at radius 1 is 1.07 bits per heavy atom. The summed E-state index contributed by atoms with van der Waals surface area (Å²) in [5, 5.41) is 10.4. The van der Waals surface area contributed by atoms with Crippen LogP contribution in [0.2, 0.25) is 5.02 Å². The van der Waals surface area contributed by atoms with Gasteiger partial charge in [0, 0.05) is 23.5 Å². The molecular weight excluding hydrogens is 390 g/mol. The first-order chi connectivity index (χ1) is 13.7. The molecule has 0 bridgehead atoms. The van der Waals surface area contributed by atoms with Gasteiger partial charge >= 0.3 is 0 Å². The summed E-state index contributed by atoms with van der Waals surface area (Å²) in [7, 11) is 0. The van der Waals surface area contributed by atoms with Crippen molar-refractivity contribution in [2.75, 3.05) is 13.1 Å². The number of piperidine rings is 1. The second-order valence-corrected chi connectivity index (χ2v) is 7.95. The predicted octanol–water partition coefficient (Wildman–Crippen LogP) is 5.89. The summed E-state index contributed by atoms with van der Waals surface area (Å²) in [6.45, 7) is 5.73. The predicted molar refractivity (Wildman–Crippen MR) is 118 cm³/mol. The van der Waals surface area contributed by atoms with Crippen molar-refractivity contribution in [2.45, 2.75) is 37.7 Å². The molecule has 0 amide bonds. The number of aliphatic hydroxyl groups excluding tert-OH is 1. The van der Waals surface area contributed by atoms with E-state index in [1.807, 2.05) is 50.4 Å². The molecule has 1 aromatic heterocycles. The zero-order chi connectivity index (χ0) is 19.9. The lowest BCUT2D eigenvalue weighted by Crippen LogP contribution is -2.31. The number of aliphatic hydroxyl groups is 1. The summed E-state index contributed by atoms with van der Waals surface area (Å²) >= 11 is 8.06. The lowest BCUT2D eigenvalue weighted by Gasteiger charge is -2.28. The number of H-pyrrole nitrogens is 1. The van der Waals surface area contributed by atoms with Gasteiger partial charge in [-0.15, -0.1) is 0 Å². The second kappa shape index (κ2) is 10.1. The van der Waals surface area contributed by atoms with E-state index in [2.05, 4.69) is 32.5 Å². The maximum Gasteiger partial charge on any atom is 0.137 e. The molecule has 4 rings (SSSR count). The van der Waals surface area contributed by atoms with Crippen molar-refractivity contribution in [1.82, 2.24) is 14.3 Å². The molecule has 2 N–H and O–H groups in total. The quantitative estimate of drug-likeness (QED) is 0.522. The molecule has 0 radical (unpaired) electrons. The zero-order valence-electron chi connectivity index (χ0n) is 16.2. The summed E-state index contributed by atoms with van der Waals surface area (Å²) in [5.41, 5.74) is 3.12. The van der Waals surface area contributed by atoms with Crippen LogP contribution in [0.5, 0.6) is 0 Å². The van der Waals surface area contributed by atoms with Crippen molar-refractivity contribution in [1.29, 1.82) is 0 Å². The molecule has 28 heavy (non-hydrogen) atoms. The third-order valence-electron chi connectivity index (χ3n) is 4.52. The largest absolute Gasteiger partial charge is 0.393 e. The summed E-state index contributed by atoms with van der Waals surface area (Å²) in [5.74, 6) is 0.830. The van der Waals surface area contributed by atoms with Crippen LogP contribution in [0.1, 0.15) is 26.7 Å². The zero-order valence-corrected chi connectivity index (χ0v) is 17.8. The van der Waals surface area contributed by atoms with Gasteiger partial charge in [-0.2, -0.15) is 0 Å². The minimum absolute atomic E-state index is 0.173. The van der Waals surface area contributed by atoms with Crippen molar-refractivity contribution in [3.63, 3.8) is 0 Å². The highest BCUT2D eigenvalue weighted by Crippen LogP contribution is 2.35. The van der Waals surface area contributed by atoms with Crippen LogP contribution in [-0.2, 0) is 0 Å². The number of hydrogen-bond acceptors (Lipinski definition) is 4. The van der Waals surface area contributed by atoms with Crippen LogP contribution in [0.25, 0.3) is 22.6 Å². The maximum absolute atomic E-state index is 9.66. The van der Waals surface area contributed by atoms with Crippen LogP contribution in [0, 0.1) is 0 Å². The van der Waals surface area contributed by atoms with Crippen LogP contribution in [0.4, 0.5) is 0 Å². The number of nitrogens with zero attached hydrogens (tertiary/aromatic N) is 2. The fourth-order valence-electron chi connectivity index (χ4n) is 3.03. The van der Waals surface area contributed by atoms with E-state index in [0.717, 1.165) is 58.5 Å². The van der Waals surface area contributed by atoms with Crippen LogP contribution < -0.4 is 0 Å². The normalized spacial score (nSPS) is 15.1. The van der Waals surface area contributed by atoms with Gasteiger partial charge in [-0.3, -0.25) is 0 Å². The molecule has 1 aliphatic rings. The van der Waals surface area contributed by atoms with Gasteiger partial charge in [-0.25, -0.2) is 9.29 Å². The molecule has 1 saturated heterocycles. The van der Waals surface area contributed by atoms with E-state index >= 15 is 0 Å². The molecule has 4 nitrogen and oxygen atoms in total. The maximum atomic E-state index is 9.66.